The monoisotopic (exact) mass is 581 g/mol. The highest BCUT2D eigenvalue weighted by molar-refractivity contribution is 8.14. The maximum Gasteiger partial charge on any atom is 0.416 e. The van der Waals surface area contributed by atoms with E-state index < -0.39 is 35.6 Å². The number of amides is 1. The van der Waals surface area contributed by atoms with Gasteiger partial charge in [0.15, 0.2) is 5.17 Å². The number of anilines is 1. The van der Waals surface area contributed by atoms with Crippen LogP contribution < -0.4 is 4.90 Å². The van der Waals surface area contributed by atoms with Crippen molar-refractivity contribution in [2.45, 2.75) is 88.4 Å². The molecule has 12 heteroatoms. The summed E-state index contributed by atoms with van der Waals surface area (Å²) in [5, 5.41) is 0.795. The Labute approximate surface area is 228 Å². The van der Waals surface area contributed by atoms with E-state index in [2.05, 4.69) is 0 Å². The lowest BCUT2D eigenvalue weighted by atomic mass is 9.53. The number of hydrogen-bond acceptors (Lipinski definition) is 3. The molecule has 1 aromatic rings. The average molecular weight is 582 g/mol. The van der Waals surface area contributed by atoms with Crippen LogP contribution in [0.5, 0.6) is 0 Å². The Morgan fingerprint density at radius 1 is 0.947 bits per heavy atom. The van der Waals surface area contributed by atoms with Crippen molar-refractivity contribution in [2.24, 2.45) is 22.7 Å². The first kappa shape index (κ1) is 27.9. The predicted molar refractivity (Wildman–Crippen MR) is 136 cm³/mol. The van der Waals surface area contributed by atoms with Gasteiger partial charge in [0.25, 0.3) is 0 Å². The maximum absolute atomic E-state index is 13.6. The highest BCUT2D eigenvalue weighted by Gasteiger charge is 2.53. The summed E-state index contributed by atoms with van der Waals surface area (Å²) in [4.78, 5) is 21.3. The van der Waals surface area contributed by atoms with E-state index in [1.54, 1.807) is 0 Å². The number of benzene rings is 1. The molecule has 4 nitrogen and oxygen atoms in total. The lowest BCUT2D eigenvalue weighted by molar-refractivity contribution is -0.143. The predicted octanol–water partition coefficient (Wildman–Crippen LogP) is 7.36. The minimum Gasteiger partial charge on any atom is -0.327 e. The molecule has 6 fully saturated rings. The van der Waals surface area contributed by atoms with Gasteiger partial charge in [0.2, 0.25) is 5.91 Å². The third-order valence-electron chi connectivity index (χ3n) is 8.67. The fourth-order valence-corrected chi connectivity index (χ4v) is 8.80. The minimum atomic E-state index is -4.98. The molecule has 5 aliphatic carbocycles. The molecule has 1 saturated heterocycles. The second-order valence-corrected chi connectivity index (χ2v) is 12.6. The average Bonchev–Trinajstić information content (AvgIpc) is 3.53. The Hall–Kier alpha value is -1.62. The Morgan fingerprint density at radius 2 is 1.45 bits per heavy atom. The van der Waals surface area contributed by atoms with Crippen molar-refractivity contribution in [3.63, 3.8) is 0 Å². The summed E-state index contributed by atoms with van der Waals surface area (Å²) in [6.07, 6.45) is -1.99. The number of aliphatic imine (C=N–C) groups is 1. The highest BCUT2D eigenvalue weighted by Crippen LogP contribution is 2.58. The number of amidine groups is 1. The van der Waals surface area contributed by atoms with E-state index in [1.807, 2.05) is 4.90 Å². The molecule has 1 atom stereocenters. The molecule has 7 rings (SSSR count). The molecule has 0 N–H and O–H groups in total. The van der Waals surface area contributed by atoms with Gasteiger partial charge in [0.1, 0.15) is 6.17 Å². The molecule has 1 aliphatic heterocycles. The second-order valence-electron chi connectivity index (χ2n) is 11.6. The number of nitrogens with zero attached hydrogens (tertiary/aromatic N) is 3. The van der Waals surface area contributed by atoms with Gasteiger partial charge in [-0.25, -0.2) is 0 Å². The third kappa shape index (κ3) is 5.13. The van der Waals surface area contributed by atoms with Crippen LogP contribution in [0.15, 0.2) is 23.2 Å². The summed E-state index contributed by atoms with van der Waals surface area (Å²) in [5.41, 5.74) is -3.36. The van der Waals surface area contributed by atoms with Crippen LogP contribution in [0.1, 0.15) is 69.4 Å². The zero-order valence-electron chi connectivity index (χ0n) is 20.8. The first-order valence-corrected chi connectivity index (χ1v) is 13.9. The van der Waals surface area contributed by atoms with Gasteiger partial charge in [0.05, 0.1) is 16.7 Å². The summed E-state index contributed by atoms with van der Waals surface area (Å²) in [6, 6.07) is 1.49. The number of alkyl halides is 6. The van der Waals surface area contributed by atoms with Crippen LogP contribution in [-0.4, -0.2) is 39.5 Å². The molecule has 38 heavy (non-hydrogen) atoms. The van der Waals surface area contributed by atoms with Crippen LogP contribution >= 0.6 is 24.2 Å². The molecular weight excluding hydrogens is 552 g/mol. The van der Waals surface area contributed by atoms with Crippen LogP contribution in [-0.2, 0) is 17.1 Å². The topological polar surface area (TPSA) is 35.9 Å². The zero-order chi connectivity index (χ0) is 26.3. The van der Waals surface area contributed by atoms with Gasteiger partial charge in [-0.2, -0.15) is 26.3 Å². The van der Waals surface area contributed by atoms with Crippen molar-refractivity contribution in [2.75, 3.05) is 10.7 Å². The summed E-state index contributed by atoms with van der Waals surface area (Å²) in [5.74, 6) is 1.81. The number of carbonyl (C=O) groups is 1. The van der Waals surface area contributed by atoms with Crippen LogP contribution in [0.25, 0.3) is 0 Å². The number of hydrogen-bond donors (Lipinski definition) is 0. The Morgan fingerprint density at radius 3 is 1.87 bits per heavy atom. The normalized spacial score (nSPS) is 33.6. The quantitative estimate of drug-likeness (QED) is 0.349. The number of carbonyl (C=O) groups excluding carboxylic acids is 1. The van der Waals surface area contributed by atoms with Crippen LogP contribution in [0.3, 0.4) is 0 Å². The SMILES string of the molecule is CC(=O)N(c1cc(C(F)(F)F)cc(C(F)(F)F)c1)C1CSC(=NC23CC4CC(CC(C4)C2)C3)N1C1CC1.Cl. The summed E-state index contributed by atoms with van der Waals surface area (Å²) >= 11 is 1.47. The Bertz CT molecular complexity index is 1070. The Kier molecular flexibility index (Phi) is 6.98. The molecule has 0 radical (unpaired) electrons. The highest BCUT2D eigenvalue weighted by atomic mass is 35.5. The molecule has 0 spiro atoms. The first-order valence-electron chi connectivity index (χ1n) is 12.9. The molecule has 5 saturated carbocycles. The Balaban J connectivity index is 0.00000294. The van der Waals surface area contributed by atoms with Crippen molar-refractivity contribution in [1.29, 1.82) is 0 Å². The van der Waals surface area contributed by atoms with Gasteiger partial charge >= 0.3 is 12.4 Å². The largest absolute Gasteiger partial charge is 0.416 e. The summed E-state index contributed by atoms with van der Waals surface area (Å²) < 4.78 is 81.4. The van der Waals surface area contributed by atoms with Crippen molar-refractivity contribution in [3.05, 3.63) is 29.3 Å². The molecule has 1 heterocycles. The van der Waals surface area contributed by atoms with E-state index in [1.165, 1.54) is 37.9 Å². The zero-order valence-corrected chi connectivity index (χ0v) is 22.4. The van der Waals surface area contributed by atoms with Crippen LogP contribution in [0.2, 0.25) is 0 Å². The first-order chi connectivity index (χ1) is 17.3. The van der Waals surface area contributed by atoms with E-state index in [0.717, 1.165) is 42.2 Å². The van der Waals surface area contributed by atoms with Gasteiger partial charge in [-0.1, -0.05) is 11.8 Å². The maximum atomic E-state index is 13.6. The summed E-state index contributed by atoms with van der Waals surface area (Å²) in [7, 11) is 0. The minimum absolute atomic E-state index is 0. The standard InChI is InChI=1S/C26H29F6N3OS.ClH/c1-14(36)34(21-8-18(25(27,28)29)7-19(9-21)26(30,31)32)22-13-37-23(35(22)20-2-3-20)33-24-10-15-4-16(11-24)6-17(5-15)12-24;/h7-9,15-17,20,22H,2-6,10-13H2,1H3;1H. The van der Waals surface area contributed by atoms with E-state index in [4.69, 9.17) is 4.99 Å². The van der Waals surface area contributed by atoms with Gasteiger partial charge in [-0.05, 0) is 87.3 Å². The van der Waals surface area contributed by atoms with Gasteiger partial charge in [-0.3, -0.25) is 14.7 Å². The van der Waals surface area contributed by atoms with Gasteiger partial charge in [0, 0.05) is 24.4 Å². The number of thioether (sulfide) groups is 1. The van der Waals surface area contributed by atoms with E-state index in [9.17, 15) is 31.1 Å². The second kappa shape index (κ2) is 9.49. The van der Waals surface area contributed by atoms with E-state index >= 15 is 0 Å². The summed E-state index contributed by atoms with van der Waals surface area (Å²) in [6.45, 7) is 1.19. The fourth-order valence-electron chi connectivity index (χ4n) is 7.52. The van der Waals surface area contributed by atoms with E-state index in [-0.39, 0.29) is 35.7 Å². The molecule has 1 aromatic carbocycles. The number of halogens is 7. The van der Waals surface area contributed by atoms with Crippen molar-refractivity contribution >= 4 is 40.9 Å². The molecule has 1 unspecified atom stereocenters. The lowest BCUT2D eigenvalue weighted by Gasteiger charge is -2.55. The molecule has 1 amide bonds. The van der Waals surface area contributed by atoms with Crippen LogP contribution in [0.4, 0.5) is 32.0 Å². The lowest BCUT2D eigenvalue weighted by Crippen LogP contribution is -2.53. The third-order valence-corrected chi connectivity index (χ3v) is 9.70. The smallest absolute Gasteiger partial charge is 0.327 e. The molecule has 210 valence electrons. The van der Waals surface area contributed by atoms with Crippen molar-refractivity contribution < 1.29 is 31.1 Å². The van der Waals surface area contributed by atoms with Crippen molar-refractivity contribution in [3.8, 4) is 0 Å². The fraction of sp³-hybridized carbons (Fsp3) is 0.692. The molecule has 4 bridgehead atoms. The molecular formula is C26H30ClF6N3OS. The van der Waals surface area contributed by atoms with Gasteiger partial charge < -0.3 is 4.90 Å². The van der Waals surface area contributed by atoms with Crippen molar-refractivity contribution in [1.82, 2.24) is 4.90 Å². The molecule has 0 aromatic heterocycles. The number of rotatable bonds is 4. The molecule has 6 aliphatic rings. The van der Waals surface area contributed by atoms with Gasteiger partial charge in [-0.15, -0.1) is 12.4 Å². The van der Waals surface area contributed by atoms with E-state index in [0.29, 0.717) is 35.6 Å². The van der Waals surface area contributed by atoms with Crippen LogP contribution in [0, 0.1) is 17.8 Å².